The Balaban J connectivity index is 2.34. The van der Waals surface area contributed by atoms with Gasteiger partial charge in [0.2, 0.25) is 5.91 Å². The zero-order chi connectivity index (χ0) is 17.0. The van der Waals surface area contributed by atoms with E-state index in [0.29, 0.717) is 17.7 Å². The summed E-state index contributed by atoms with van der Waals surface area (Å²) < 4.78 is 10.5. The van der Waals surface area contributed by atoms with Crippen LogP contribution < -0.4 is 15.7 Å². The number of nitrogens with one attached hydrogen (secondary N) is 1. The zero-order valence-corrected chi connectivity index (χ0v) is 13.2. The number of carbonyl (C=O) groups is 2. The Bertz CT molecular complexity index is 795. The molecule has 0 saturated heterocycles. The van der Waals surface area contributed by atoms with E-state index < -0.39 is 11.5 Å². The molecule has 0 atom stereocenters. The molecule has 0 bridgehead atoms. The van der Waals surface area contributed by atoms with Gasteiger partial charge in [-0.15, -0.1) is 0 Å². The molecule has 0 aliphatic rings. The Kier molecular flexibility index (Phi) is 5.00. The van der Waals surface area contributed by atoms with E-state index in [1.807, 2.05) is 6.92 Å². The Morgan fingerprint density at radius 2 is 2.00 bits per heavy atom. The van der Waals surface area contributed by atoms with Crippen molar-refractivity contribution < 1.29 is 18.7 Å². The first-order valence-electron chi connectivity index (χ1n) is 7.11. The molecule has 2 aromatic rings. The number of likely N-dealkylation sites (N-methyl/N-ethyl adjacent to an activating group) is 1. The Hall–Kier alpha value is -2.83. The van der Waals surface area contributed by atoms with Gasteiger partial charge in [0.15, 0.2) is 0 Å². The van der Waals surface area contributed by atoms with Gasteiger partial charge < -0.3 is 19.4 Å². The molecule has 1 aromatic heterocycles. The molecular weight excluding hydrogens is 300 g/mol. The topological polar surface area (TPSA) is 88.9 Å². The number of amides is 2. The first-order chi connectivity index (χ1) is 10.9. The van der Waals surface area contributed by atoms with E-state index in [9.17, 15) is 14.4 Å². The van der Waals surface area contributed by atoms with Crippen molar-refractivity contribution in [3.63, 3.8) is 0 Å². The normalized spacial score (nSPS) is 10.4. The average molecular weight is 318 g/mol. The third-order valence-electron chi connectivity index (χ3n) is 3.17. The van der Waals surface area contributed by atoms with Crippen molar-refractivity contribution in [3.05, 3.63) is 40.2 Å². The molecule has 0 aliphatic heterocycles. The second-order valence-electron chi connectivity index (χ2n) is 5.04. The minimum Gasteiger partial charge on any atom is -0.494 e. The van der Waals surface area contributed by atoms with Crippen molar-refractivity contribution in [1.29, 1.82) is 0 Å². The van der Waals surface area contributed by atoms with E-state index in [1.54, 1.807) is 32.3 Å². The third-order valence-corrected chi connectivity index (χ3v) is 3.17. The fourth-order valence-corrected chi connectivity index (χ4v) is 2.00. The largest absolute Gasteiger partial charge is 0.494 e. The highest BCUT2D eigenvalue weighted by Gasteiger charge is 2.15. The van der Waals surface area contributed by atoms with Crippen molar-refractivity contribution in [2.24, 2.45) is 0 Å². The van der Waals surface area contributed by atoms with Crippen molar-refractivity contribution in [3.8, 4) is 5.75 Å². The van der Waals surface area contributed by atoms with Gasteiger partial charge in [-0.3, -0.25) is 9.59 Å². The number of ether oxygens (including phenoxy) is 1. The van der Waals surface area contributed by atoms with Crippen LogP contribution in [-0.2, 0) is 4.79 Å². The molecule has 122 valence electrons. The average Bonchev–Trinajstić information content (AvgIpc) is 2.51. The van der Waals surface area contributed by atoms with Crippen LogP contribution in [0.15, 0.2) is 33.5 Å². The number of carbonyl (C=O) groups excluding carboxylic acids is 2. The molecule has 1 heterocycles. The summed E-state index contributed by atoms with van der Waals surface area (Å²) in [6.45, 7) is 2.17. The number of hydrogen-bond acceptors (Lipinski definition) is 5. The summed E-state index contributed by atoms with van der Waals surface area (Å²) in [5.41, 5.74) is -0.228. The minimum atomic E-state index is -0.643. The van der Waals surface area contributed by atoms with E-state index in [0.717, 1.165) is 6.07 Å². The lowest BCUT2D eigenvalue weighted by Crippen LogP contribution is -2.36. The second kappa shape index (κ2) is 6.95. The van der Waals surface area contributed by atoms with Gasteiger partial charge in [0.1, 0.15) is 11.3 Å². The fourth-order valence-electron chi connectivity index (χ4n) is 2.00. The number of rotatable bonds is 5. The molecule has 23 heavy (non-hydrogen) atoms. The summed E-state index contributed by atoms with van der Waals surface area (Å²) >= 11 is 0. The number of nitrogens with zero attached hydrogens (tertiary/aromatic N) is 1. The molecule has 0 unspecified atom stereocenters. The maximum atomic E-state index is 12.3. The highest BCUT2D eigenvalue weighted by atomic mass is 16.5. The van der Waals surface area contributed by atoms with Gasteiger partial charge in [-0.25, -0.2) is 4.79 Å². The Labute approximate surface area is 132 Å². The standard InChI is InChI=1S/C16H18N2O5/c1-4-22-10-5-6-11-12(8-15(20)23-13(11)7-10)16(21)17-9-14(19)18(2)3/h5-8H,4,9H2,1-3H3,(H,17,21). The molecule has 0 fully saturated rings. The van der Waals surface area contributed by atoms with Crippen LogP contribution in [0.4, 0.5) is 0 Å². The highest BCUT2D eigenvalue weighted by Crippen LogP contribution is 2.22. The lowest BCUT2D eigenvalue weighted by molar-refractivity contribution is -0.127. The molecule has 7 heteroatoms. The maximum Gasteiger partial charge on any atom is 0.337 e. The van der Waals surface area contributed by atoms with Gasteiger partial charge >= 0.3 is 5.63 Å². The van der Waals surface area contributed by atoms with Gasteiger partial charge in [0, 0.05) is 31.6 Å². The summed E-state index contributed by atoms with van der Waals surface area (Å²) in [6.07, 6.45) is 0. The van der Waals surface area contributed by atoms with Crippen LogP contribution in [0.25, 0.3) is 11.0 Å². The van der Waals surface area contributed by atoms with Crippen LogP contribution in [-0.4, -0.2) is 44.0 Å². The predicted octanol–water partition coefficient (Wildman–Crippen LogP) is 1.01. The summed E-state index contributed by atoms with van der Waals surface area (Å²) in [5, 5.41) is 2.97. The lowest BCUT2D eigenvalue weighted by atomic mass is 10.1. The highest BCUT2D eigenvalue weighted by molar-refractivity contribution is 6.06. The molecule has 2 rings (SSSR count). The summed E-state index contributed by atoms with van der Waals surface area (Å²) in [6, 6.07) is 6.00. The maximum absolute atomic E-state index is 12.3. The van der Waals surface area contributed by atoms with Gasteiger partial charge in [0.05, 0.1) is 18.7 Å². The molecule has 0 radical (unpaired) electrons. The Morgan fingerprint density at radius 1 is 1.26 bits per heavy atom. The fraction of sp³-hybridized carbons (Fsp3) is 0.312. The van der Waals surface area contributed by atoms with Crippen LogP contribution >= 0.6 is 0 Å². The van der Waals surface area contributed by atoms with Crippen molar-refractivity contribution >= 4 is 22.8 Å². The van der Waals surface area contributed by atoms with Crippen molar-refractivity contribution in [2.45, 2.75) is 6.92 Å². The van der Waals surface area contributed by atoms with Gasteiger partial charge in [-0.1, -0.05) is 0 Å². The van der Waals surface area contributed by atoms with Crippen LogP contribution in [0.5, 0.6) is 5.75 Å². The Morgan fingerprint density at radius 3 is 2.65 bits per heavy atom. The van der Waals surface area contributed by atoms with Gasteiger partial charge in [-0.2, -0.15) is 0 Å². The van der Waals surface area contributed by atoms with Crippen LogP contribution in [0, 0.1) is 0 Å². The molecule has 1 aromatic carbocycles. The first-order valence-corrected chi connectivity index (χ1v) is 7.11. The minimum absolute atomic E-state index is 0.148. The molecule has 0 spiro atoms. The van der Waals surface area contributed by atoms with Crippen molar-refractivity contribution in [1.82, 2.24) is 10.2 Å². The smallest absolute Gasteiger partial charge is 0.337 e. The number of hydrogen-bond donors (Lipinski definition) is 1. The monoisotopic (exact) mass is 318 g/mol. The zero-order valence-electron chi connectivity index (χ0n) is 13.2. The summed E-state index contributed by atoms with van der Waals surface area (Å²) in [4.78, 5) is 36.8. The molecule has 2 amide bonds. The molecule has 1 N–H and O–H groups in total. The van der Waals surface area contributed by atoms with Crippen LogP contribution in [0.1, 0.15) is 17.3 Å². The van der Waals surface area contributed by atoms with E-state index in [2.05, 4.69) is 5.32 Å². The van der Waals surface area contributed by atoms with Crippen LogP contribution in [0.3, 0.4) is 0 Å². The molecular formula is C16H18N2O5. The van der Waals surface area contributed by atoms with E-state index in [-0.39, 0.29) is 23.6 Å². The number of fused-ring (bicyclic) bond motifs is 1. The quantitative estimate of drug-likeness (QED) is 0.831. The van der Waals surface area contributed by atoms with Gasteiger partial charge in [0.25, 0.3) is 5.91 Å². The van der Waals surface area contributed by atoms with Crippen LogP contribution in [0.2, 0.25) is 0 Å². The van der Waals surface area contributed by atoms with E-state index in [1.165, 1.54) is 4.90 Å². The van der Waals surface area contributed by atoms with Gasteiger partial charge in [-0.05, 0) is 19.1 Å². The molecule has 0 aliphatic carbocycles. The van der Waals surface area contributed by atoms with Crippen molar-refractivity contribution in [2.75, 3.05) is 27.2 Å². The molecule has 0 saturated carbocycles. The SMILES string of the molecule is CCOc1ccc2c(C(=O)NCC(=O)N(C)C)cc(=O)oc2c1. The lowest BCUT2D eigenvalue weighted by Gasteiger charge is -2.11. The summed E-state index contributed by atoms with van der Waals surface area (Å²) in [7, 11) is 3.19. The second-order valence-corrected chi connectivity index (χ2v) is 5.04. The van der Waals surface area contributed by atoms with E-state index in [4.69, 9.17) is 9.15 Å². The number of benzene rings is 1. The summed E-state index contributed by atoms with van der Waals surface area (Å²) in [5.74, 6) is -0.213. The first kappa shape index (κ1) is 16.5. The predicted molar refractivity (Wildman–Crippen MR) is 84.7 cm³/mol. The molecule has 7 nitrogen and oxygen atoms in total. The van der Waals surface area contributed by atoms with E-state index >= 15 is 0 Å². The third kappa shape index (κ3) is 3.88.